The zero-order valence-electron chi connectivity index (χ0n) is 5.09. The van der Waals surface area contributed by atoms with Gasteiger partial charge in [0.15, 0.2) is 0 Å². The Hall–Kier alpha value is -0.830. The summed E-state index contributed by atoms with van der Waals surface area (Å²) in [6.45, 7) is 3.47. The van der Waals surface area contributed by atoms with E-state index in [1.165, 1.54) is 0 Å². The highest BCUT2D eigenvalue weighted by Gasteiger charge is 2.55. The second kappa shape index (κ2) is 1.57. The third kappa shape index (κ3) is 0.733. The molecular formula is C6H9NO2. The molecule has 0 saturated heterocycles. The number of carboxylic acid groups (broad SMARTS) is 1. The van der Waals surface area contributed by atoms with Crippen molar-refractivity contribution in [1.29, 1.82) is 0 Å². The first-order valence-electron chi connectivity index (χ1n) is 2.80. The van der Waals surface area contributed by atoms with Crippen LogP contribution in [0.4, 0.5) is 0 Å². The van der Waals surface area contributed by atoms with E-state index in [9.17, 15) is 9.90 Å². The standard InChI is InChI=1S/C6H9NO2/c1-2-4-3-6(4,7)5(8)9/h2,4H,1,3,7H2,(H,8,9)/t4-,6-/m1/s1. The van der Waals surface area contributed by atoms with Crippen LogP contribution >= 0.6 is 0 Å². The Morgan fingerprint density at radius 1 is 2.00 bits per heavy atom. The van der Waals surface area contributed by atoms with E-state index < -0.39 is 11.5 Å². The third-order valence-corrected chi connectivity index (χ3v) is 1.82. The summed E-state index contributed by atoms with van der Waals surface area (Å²) in [4.78, 5) is 10.2. The molecule has 0 amide bonds. The van der Waals surface area contributed by atoms with E-state index in [0.29, 0.717) is 6.42 Å². The Labute approximate surface area is 53.2 Å². The van der Waals surface area contributed by atoms with Crippen molar-refractivity contribution in [3.63, 3.8) is 0 Å². The van der Waals surface area contributed by atoms with Crippen LogP contribution in [0.2, 0.25) is 0 Å². The van der Waals surface area contributed by atoms with Crippen molar-refractivity contribution in [2.75, 3.05) is 0 Å². The highest BCUT2D eigenvalue weighted by Crippen LogP contribution is 2.39. The largest absolute Gasteiger partial charge is 0.544 e. The van der Waals surface area contributed by atoms with Crippen LogP contribution in [0.1, 0.15) is 6.42 Å². The van der Waals surface area contributed by atoms with Crippen LogP contribution in [0.25, 0.3) is 0 Å². The molecule has 1 aliphatic carbocycles. The van der Waals surface area contributed by atoms with Crippen LogP contribution in [-0.2, 0) is 4.79 Å². The first-order chi connectivity index (χ1) is 4.11. The first kappa shape index (κ1) is 6.29. The Balaban J connectivity index is 2.62. The van der Waals surface area contributed by atoms with Crippen LogP contribution in [0.15, 0.2) is 12.7 Å². The Morgan fingerprint density at radius 3 is 2.67 bits per heavy atom. The van der Waals surface area contributed by atoms with Crippen LogP contribution < -0.4 is 10.8 Å². The molecule has 1 rings (SSSR count). The van der Waals surface area contributed by atoms with Crippen molar-refractivity contribution in [1.82, 2.24) is 0 Å². The number of carboxylic acids is 1. The van der Waals surface area contributed by atoms with Crippen molar-refractivity contribution in [3.8, 4) is 0 Å². The van der Waals surface area contributed by atoms with Crippen LogP contribution in [0.3, 0.4) is 0 Å². The summed E-state index contributed by atoms with van der Waals surface area (Å²) in [6, 6.07) is 0. The van der Waals surface area contributed by atoms with Gasteiger partial charge in [0.25, 0.3) is 0 Å². The molecule has 3 heteroatoms. The van der Waals surface area contributed by atoms with Gasteiger partial charge in [-0.05, 0) is 0 Å². The van der Waals surface area contributed by atoms with Gasteiger partial charge < -0.3 is 15.6 Å². The Kier molecular flexibility index (Phi) is 1.10. The highest BCUT2D eigenvalue weighted by molar-refractivity contribution is 5.79. The van der Waals surface area contributed by atoms with Crippen molar-refractivity contribution in [3.05, 3.63) is 12.7 Å². The molecule has 0 heterocycles. The lowest BCUT2D eigenvalue weighted by Crippen LogP contribution is -2.72. The van der Waals surface area contributed by atoms with E-state index in [4.69, 9.17) is 0 Å². The zero-order valence-corrected chi connectivity index (χ0v) is 5.09. The molecule has 0 aliphatic heterocycles. The van der Waals surface area contributed by atoms with Crippen LogP contribution in [0, 0.1) is 5.92 Å². The predicted octanol–water partition coefficient (Wildman–Crippen LogP) is -2.08. The molecule has 50 valence electrons. The minimum absolute atomic E-state index is 0.0301. The molecule has 1 aliphatic rings. The number of hydrogen-bond donors (Lipinski definition) is 1. The number of rotatable bonds is 2. The van der Waals surface area contributed by atoms with Gasteiger partial charge in [0.05, 0.1) is 0 Å². The average molecular weight is 127 g/mol. The van der Waals surface area contributed by atoms with Crippen molar-refractivity contribution < 1.29 is 15.6 Å². The minimum Gasteiger partial charge on any atom is -0.544 e. The van der Waals surface area contributed by atoms with Gasteiger partial charge in [0, 0.05) is 12.3 Å². The van der Waals surface area contributed by atoms with Crippen molar-refractivity contribution in [2.45, 2.75) is 12.0 Å². The smallest absolute Gasteiger partial charge is 0.142 e. The molecule has 0 bridgehead atoms. The fourth-order valence-corrected chi connectivity index (χ4v) is 0.877. The zero-order chi connectivity index (χ0) is 7.07. The summed E-state index contributed by atoms with van der Waals surface area (Å²) in [6.07, 6.45) is 2.20. The van der Waals surface area contributed by atoms with Gasteiger partial charge in [-0.3, -0.25) is 0 Å². The van der Waals surface area contributed by atoms with Gasteiger partial charge in [0.2, 0.25) is 0 Å². The molecule has 3 nitrogen and oxygen atoms in total. The fraction of sp³-hybridized carbons (Fsp3) is 0.500. The lowest BCUT2D eigenvalue weighted by Gasteiger charge is -2.05. The van der Waals surface area contributed by atoms with E-state index in [1.54, 1.807) is 6.08 Å². The quantitative estimate of drug-likeness (QED) is 0.433. The molecule has 0 aromatic carbocycles. The Morgan fingerprint density at radius 2 is 2.56 bits per heavy atom. The minimum atomic E-state index is -1.06. The summed E-state index contributed by atoms with van der Waals surface area (Å²) in [5, 5.41) is 10.2. The second-order valence-electron chi connectivity index (χ2n) is 2.49. The molecule has 1 fully saturated rings. The maximum Gasteiger partial charge on any atom is 0.142 e. The van der Waals surface area contributed by atoms with Crippen LogP contribution in [0.5, 0.6) is 0 Å². The van der Waals surface area contributed by atoms with E-state index in [1.807, 2.05) is 0 Å². The maximum atomic E-state index is 10.2. The molecule has 0 spiro atoms. The topological polar surface area (TPSA) is 67.8 Å². The van der Waals surface area contributed by atoms with Gasteiger partial charge in [-0.2, -0.15) is 0 Å². The fourth-order valence-electron chi connectivity index (χ4n) is 0.877. The maximum absolute atomic E-state index is 10.2. The first-order valence-corrected chi connectivity index (χ1v) is 2.80. The number of hydrogen-bond acceptors (Lipinski definition) is 2. The lowest BCUT2D eigenvalue weighted by molar-refractivity contribution is -0.455. The molecule has 2 atom stereocenters. The number of carbonyl (C=O) groups is 1. The van der Waals surface area contributed by atoms with E-state index in [0.717, 1.165) is 0 Å². The molecule has 3 N–H and O–H groups in total. The summed E-state index contributed by atoms with van der Waals surface area (Å²) in [7, 11) is 0. The van der Waals surface area contributed by atoms with Gasteiger partial charge >= 0.3 is 0 Å². The summed E-state index contributed by atoms with van der Waals surface area (Å²) in [5.74, 6) is -1.03. The molecule has 0 aromatic heterocycles. The average Bonchev–Trinajstić information content (AvgIpc) is 2.44. The highest BCUT2D eigenvalue weighted by atomic mass is 16.4. The Bertz CT molecular complexity index is 166. The normalized spacial score (nSPS) is 39.9. The predicted molar refractivity (Wildman–Crippen MR) is 28.9 cm³/mol. The SMILES string of the molecule is C=C[C@@H]1C[C@]1([NH3+])C(=O)[O-]. The number of quaternary nitrogens is 1. The molecular weight excluding hydrogens is 118 g/mol. The monoisotopic (exact) mass is 127 g/mol. The number of carbonyl (C=O) groups excluding carboxylic acids is 1. The molecule has 1 saturated carbocycles. The van der Waals surface area contributed by atoms with Crippen molar-refractivity contribution >= 4 is 5.97 Å². The van der Waals surface area contributed by atoms with E-state index in [2.05, 4.69) is 12.3 Å². The number of aliphatic carboxylic acids is 1. The van der Waals surface area contributed by atoms with Gasteiger partial charge in [0.1, 0.15) is 11.5 Å². The van der Waals surface area contributed by atoms with Gasteiger partial charge in [-0.25, -0.2) is 0 Å². The van der Waals surface area contributed by atoms with Crippen LogP contribution in [-0.4, -0.2) is 11.5 Å². The third-order valence-electron chi connectivity index (χ3n) is 1.82. The van der Waals surface area contributed by atoms with Crippen molar-refractivity contribution in [2.24, 2.45) is 5.92 Å². The van der Waals surface area contributed by atoms with E-state index in [-0.39, 0.29) is 5.92 Å². The summed E-state index contributed by atoms with van der Waals surface area (Å²) >= 11 is 0. The molecule has 0 radical (unpaired) electrons. The lowest BCUT2D eigenvalue weighted by atomic mass is 10.2. The summed E-state index contributed by atoms with van der Waals surface area (Å²) < 4.78 is 0. The second-order valence-corrected chi connectivity index (χ2v) is 2.49. The molecule has 0 aromatic rings. The molecule has 9 heavy (non-hydrogen) atoms. The molecule has 0 unspecified atom stereocenters. The van der Waals surface area contributed by atoms with E-state index >= 15 is 0 Å². The van der Waals surface area contributed by atoms with Gasteiger partial charge in [-0.1, -0.05) is 6.08 Å². The van der Waals surface area contributed by atoms with Gasteiger partial charge in [-0.15, -0.1) is 6.58 Å². The summed E-state index contributed by atoms with van der Waals surface area (Å²) in [5.41, 5.74) is 2.65.